The lowest BCUT2D eigenvalue weighted by atomic mass is 10.2. The van der Waals surface area contributed by atoms with Crippen LogP contribution in [-0.4, -0.2) is 31.0 Å². The number of phenols is 1. The number of aromatic hydroxyl groups is 1. The molecule has 2 heterocycles. The first-order valence-corrected chi connectivity index (χ1v) is 8.86. The van der Waals surface area contributed by atoms with Gasteiger partial charge in [0, 0.05) is 29.6 Å². The Balaban J connectivity index is 1.73. The molecule has 0 aliphatic carbocycles. The third-order valence-corrected chi connectivity index (χ3v) is 5.35. The van der Waals surface area contributed by atoms with E-state index in [4.69, 9.17) is 11.6 Å². The molecule has 2 aromatic rings. The summed E-state index contributed by atoms with van der Waals surface area (Å²) in [6, 6.07) is 9.74. The first-order valence-electron chi connectivity index (χ1n) is 7.60. The van der Waals surface area contributed by atoms with Gasteiger partial charge in [0.25, 0.3) is 0 Å². The predicted molar refractivity (Wildman–Crippen MR) is 92.6 cm³/mol. The van der Waals surface area contributed by atoms with Crippen molar-refractivity contribution in [1.29, 1.82) is 0 Å². The number of quaternary nitrogens is 1. The van der Waals surface area contributed by atoms with Gasteiger partial charge in [-0.05, 0) is 29.6 Å². The van der Waals surface area contributed by atoms with Crippen LogP contribution < -0.4 is 4.90 Å². The number of phenolic OH excluding ortho intramolecular Hbond substituents is 1. The smallest absolute Gasteiger partial charge is 0.142 e. The van der Waals surface area contributed by atoms with Crippen LogP contribution in [0.3, 0.4) is 0 Å². The van der Waals surface area contributed by atoms with Crippen LogP contribution in [0, 0.1) is 0 Å². The van der Waals surface area contributed by atoms with Gasteiger partial charge in [0.15, 0.2) is 0 Å². The molecule has 1 saturated heterocycles. The van der Waals surface area contributed by atoms with E-state index in [-0.39, 0.29) is 5.75 Å². The zero-order chi connectivity index (χ0) is 15.4. The summed E-state index contributed by atoms with van der Waals surface area (Å²) in [5.41, 5.74) is 0.675. The second-order valence-electron chi connectivity index (χ2n) is 5.63. The Morgan fingerprint density at radius 2 is 2.14 bits per heavy atom. The number of hydrogen-bond acceptors (Lipinski definition) is 3. The maximum Gasteiger partial charge on any atom is 0.142 e. The molecule has 1 fully saturated rings. The minimum atomic E-state index is 0.217. The Bertz CT molecular complexity index is 636. The summed E-state index contributed by atoms with van der Waals surface area (Å²) in [6.45, 7) is 3.18. The maximum absolute atomic E-state index is 9.84. The number of thiophene rings is 1. The van der Waals surface area contributed by atoms with Gasteiger partial charge in [0.1, 0.15) is 11.8 Å². The van der Waals surface area contributed by atoms with Crippen molar-refractivity contribution in [3.8, 4) is 5.75 Å². The van der Waals surface area contributed by atoms with E-state index in [9.17, 15) is 5.11 Å². The standard InChI is InChI=1S/C17H19ClN2OS/c18-14-5-6-16(21)13(10-14)11-19-12-15(17-4-3-9-22-17)20-7-1-2-8-20/h3-6,9-11,15,21H,1-2,7-8,12H2/p+1/t15-/m1/s1. The zero-order valence-corrected chi connectivity index (χ0v) is 13.9. The van der Waals surface area contributed by atoms with Crippen molar-refractivity contribution in [2.45, 2.75) is 18.9 Å². The highest BCUT2D eigenvalue weighted by Gasteiger charge is 2.27. The molecule has 0 spiro atoms. The van der Waals surface area contributed by atoms with Gasteiger partial charge in [-0.2, -0.15) is 0 Å². The van der Waals surface area contributed by atoms with E-state index in [0.717, 1.165) is 6.54 Å². The Morgan fingerprint density at radius 1 is 1.32 bits per heavy atom. The second kappa shape index (κ2) is 7.27. The molecular weight excluding hydrogens is 316 g/mol. The third kappa shape index (κ3) is 3.69. The Labute approximate surface area is 139 Å². The Hall–Kier alpha value is -1.36. The van der Waals surface area contributed by atoms with Gasteiger partial charge in [-0.3, -0.25) is 4.99 Å². The van der Waals surface area contributed by atoms with Gasteiger partial charge < -0.3 is 10.0 Å². The number of rotatable bonds is 5. The quantitative estimate of drug-likeness (QED) is 0.810. The van der Waals surface area contributed by atoms with Crippen LogP contribution in [0.4, 0.5) is 0 Å². The fourth-order valence-electron chi connectivity index (χ4n) is 2.97. The lowest BCUT2D eigenvalue weighted by Crippen LogP contribution is -3.10. The minimum Gasteiger partial charge on any atom is -0.507 e. The van der Waals surface area contributed by atoms with Crippen molar-refractivity contribution in [3.63, 3.8) is 0 Å². The van der Waals surface area contributed by atoms with Gasteiger partial charge in [0.2, 0.25) is 0 Å². The molecule has 2 N–H and O–H groups in total. The van der Waals surface area contributed by atoms with Crippen LogP contribution >= 0.6 is 22.9 Å². The molecule has 1 aliphatic heterocycles. The van der Waals surface area contributed by atoms with Crippen molar-refractivity contribution < 1.29 is 10.0 Å². The van der Waals surface area contributed by atoms with E-state index in [1.165, 1.54) is 30.8 Å². The largest absolute Gasteiger partial charge is 0.507 e. The molecular formula is C17H20ClN2OS+. The molecule has 1 atom stereocenters. The van der Waals surface area contributed by atoms with Gasteiger partial charge in [-0.25, -0.2) is 0 Å². The van der Waals surface area contributed by atoms with Crippen LogP contribution in [-0.2, 0) is 0 Å². The zero-order valence-electron chi connectivity index (χ0n) is 12.3. The van der Waals surface area contributed by atoms with E-state index in [1.54, 1.807) is 40.7 Å². The molecule has 0 unspecified atom stereocenters. The summed E-state index contributed by atoms with van der Waals surface area (Å²) >= 11 is 7.77. The highest BCUT2D eigenvalue weighted by molar-refractivity contribution is 7.10. The topological polar surface area (TPSA) is 37.0 Å². The number of nitrogens with zero attached hydrogens (tertiary/aromatic N) is 1. The number of hydrogen-bond donors (Lipinski definition) is 2. The van der Waals surface area contributed by atoms with E-state index < -0.39 is 0 Å². The predicted octanol–water partition coefficient (Wildman–Crippen LogP) is 2.95. The number of benzene rings is 1. The summed E-state index contributed by atoms with van der Waals surface area (Å²) in [5.74, 6) is 0.217. The van der Waals surface area contributed by atoms with E-state index >= 15 is 0 Å². The van der Waals surface area contributed by atoms with Crippen LogP contribution in [0.1, 0.15) is 29.3 Å². The first-order chi connectivity index (χ1) is 10.7. The van der Waals surface area contributed by atoms with Crippen LogP contribution in [0.5, 0.6) is 5.75 Å². The van der Waals surface area contributed by atoms with E-state index in [2.05, 4.69) is 22.5 Å². The van der Waals surface area contributed by atoms with Crippen molar-refractivity contribution >= 4 is 29.2 Å². The Morgan fingerprint density at radius 3 is 2.86 bits per heavy atom. The number of likely N-dealkylation sites (tertiary alicyclic amines) is 1. The first kappa shape index (κ1) is 15.5. The van der Waals surface area contributed by atoms with Crippen molar-refractivity contribution in [1.82, 2.24) is 0 Å². The molecule has 1 aliphatic rings. The third-order valence-electron chi connectivity index (χ3n) is 4.13. The fourth-order valence-corrected chi connectivity index (χ4v) is 4.03. The Kier molecular flexibility index (Phi) is 5.13. The summed E-state index contributed by atoms with van der Waals surface area (Å²) in [6.07, 6.45) is 4.34. The van der Waals surface area contributed by atoms with Gasteiger partial charge in [0.05, 0.1) is 24.5 Å². The van der Waals surface area contributed by atoms with Crippen molar-refractivity contribution in [2.75, 3.05) is 19.6 Å². The molecule has 1 aromatic carbocycles. The fraction of sp³-hybridized carbons (Fsp3) is 0.353. The number of aliphatic imine (C=N–C) groups is 1. The highest BCUT2D eigenvalue weighted by Crippen LogP contribution is 2.21. The average Bonchev–Trinajstić information content (AvgIpc) is 3.20. The lowest BCUT2D eigenvalue weighted by molar-refractivity contribution is -0.917. The molecule has 116 valence electrons. The summed E-state index contributed by atoms with van der Waals surface area (Å²) < 4.78 is 0. The second-order valence-corrected chi connectivity index (χ2v) is 7.05. The van der Waals surface area contributed by atoms with Gasteiger partial charge >= 0.3 is 0 Å². The summed E-state index contributed by atoms with van der Waals surface area (Å²) in [5, 5.41) is 12.6. The van der Waals surface area contributed by atoms with E-state index in [1.807, 2.05) is 0 Å². The monoisotopic (exact) mass is 335 g/mol. The van der Waals surface area contributed by atoms with Crippen LogP contribution in [0.2, 0.25) is 5.02 Å². The van der Waals surface area contributed by atoms with Crippen molar-refractivity contribution in [2.24, 2.45) is 4.99 Å². The molecule has 5 heteroatoms. The van der Waals surface area contributed by atoms with Crippen molar-refractivity contribution in [3.05, 3.63) is 51.2 Å². The lowest BCUT2D eigenvalue weighted by Gasteiger charge is -2.22. The average molecular weight is 336 g/mol. The summed E-state index contributed by atoms with van der Waals surface area (Å²) in [4.78, 5) is 7.60. The normalized spacial score (nSPS) is 17.3. The molecule has 3 nitrogen and oxygen atoms in total. The number of nitrogens with one attached hydrogen (secondary N) is 1. The minimum absolute atomic E-state index is 0.217. The van der Waals surface area contributed by atoms with Crippen LogP contribution in [0.25, 0.3) is 0 Å². The highest BCUT2D eigenvalue weighted by atomic mass is 35.5. The molecule has 0 radical (unpaired) electrons. The SMILES string of the molecule is Oc1ccc(Cl)cc1C=NC[C@H](c1cccs1)[NH+]1CCCC1. The molecule has 0 bridgehead atoms. The molecule has 22 heavy (non-hydrogen) atoms. The molecule has 3 rings (SSSR count). The summed E-state index contributed by atoms with van der Waals surface area (Å²) in [7, 11) is 0. The molecule has 1 aromatic heterocycles. The maximum atomic E-state index is 9.84. The van der Waals surface area contributed by atoms with Gasteiger partial charge in [-0.15, -0.1) is 11.3 Å². The van der Waals surface area contributed by atoms with E-state index in [0.29, 0.717) is 16.6 Å². The number of halogens is 1. The van der Waals surface area contributed by atoms with Crippen LogP contribution in [0.15, 0.2) is 40.7 Å². The van der Waals surface area contributed by atoms with Gasteiger partial charge in [-0.1, -0.05) is 17.7 Å². The molecule has 0 saturated carbocycles. The molecule has 0 amide bonds.